The topological polar surface area (TPSA) is 23.5 Å². The second kappa shape index (κ2) is 6.97. The SMILES string of the molecule is CC[C@@H](O)c1ccccc1N(C)C(C)c1ccccc1Cl. The van der Waals surface area contributed by atoms with Crippen molar-refractivity contribution < 1.29 is 5.11 Å². The first-order valence-corrected chi connectivity index (χ1v) is 7.68. The van der Waals surface area contributed by atoms with Crippen LogP contribution in [-0.2, 0) is 0 Å². The molecule has 21 heavy (non-hydrogen) atoms. The molecule has 0 saturated carbocycles. The van der Waals surface area contributed by atoms with Crippen LogP contribution in [0.5, 0.6) is 0 Å². The van der Waals surface area contributed by atoms with Gasteiger partial charge in [0.2, 0.25) is 0 Å². The summed E-state index contributed by atoms with van der Waals surface area (Å²) in [7, 11) is 2.04. The molecule has 0 amide bonds. The van der Waals surface area contributed by atoms with Crippen molar-refractivity contribution in [3.05, 3.63) is 64.7 Å². The minimum absolute atomic E-state index is 0.129. The van der Waals surface area contributed by atoms with Crippen LogP contribution in [0.1, 0.15) is 43.5 Å². The molecule has 0 saturated heterocycles. The van der Waals surface area contributed by atoms with Gasteiger partial charge in [0.05, 0.1) is 12.1 Å². The Labute approximate surface area is 132 Å². The van der Waals surface area contributed by atoms with Crippen LogP contribution >= 0.6 is 11.6 Å². The van der Waals surface area contributed by atoms with Crippen molar-refractivity contribution in [2.24, 2.45) is 0 Å². The summed E-state index contributed by atoms with van der Waals surface area (Å²) >= 11 is 6.30. The van der Waals surface area contributed by atoms with Crippen molar-refractivity contribution in [1.29, 1.82) is 0 Å². The lowest BCUT2D eigenvalue weighted by Crippen LogP contribution is -2.23. The molecule has 0 radical (unpaired) electrons. The van der Waals surface area contributed by atoms with E-state index in [4.69, 9.17) is 11.6 Å². The van der Waals surface area contributed by atoms with Gasteiger partial charge in [-0.2, -0.15) is 0 Å². The molecule has 2 aromatic rings. The minimum Gasteiger partial charge on any atom is -0.388 e. The van der Waals surface area contributed by atoms with Crippen LogP contribution in [-0.4, -0.2) is 12.2 Å². The van der Waals surface area contributed by atoms with Crippen molar-refractivity contribution in [3.8, 4) is 0 Å². The third-order valence-corrected chi connectivity index (χ3v) is 4.34. The molecule has 0 aliphatic carbocycles. The Hall–Kier alpha value is -1.51. The summed E-state index contributed by atoms with van der Waals surface area (Å²) < 4.78 is 0. The lowest BCUT2D eigenvalue weighted by Gasteiger charge is -2.31. The van der Waals surface area contributed by atoms with Crippen molar-refractivity contribution >= 4 is 17.3 Å². The summed E-state index contributed by atoms with van der Waals surface area (Å²) in [5, 5.41) is 11.0. The Balaban J connectivity index is 2.36. The lowest BCUT2D eigenvalue weighted by molar-refractivity contribution is 0.174. The molecule has 1 N–H and O–H groups in total. The second-order valence-corrected chi connectivity index (χ2v) is 5.70. The largest absolute Gasteiger partial charge is 0.388 e. The normalized spacial score (nSPS) is 13.8. The summed E-state index contributed by atoms with van der Waals surface area (Å²) in [5.74, 6) is 0. The zero-order chi connectivity index (χ0) is 15.4. The monoisotopic (exact) mass is 303 g/mol. The van der Waals surface area contributed by atoms with Crippen LogP contribution in [0.15, 0.2) is 48.5 Å². The van der Waals surface area contributed by atoms with E-state index in [1.165, 1.54) is 0 Å². The molecule has 0 aromatic heterocycles. The summed E-state index contributed by atoms with van der Waals surface area (Å²) in [6.07, 6.45) is 0.257. The van der Waals surface area contributed by atoms with Crippen molar-refractivity contribution in [3.63, 3.8) is 0 Å². The van der Waals surface area contributed by atoms with Crippen LogP contribution in [0.2, 0.25) is 5.02 Å². The number of rotatable bonds is 5. The minimum atomic E-state index is -0.443. The molecule has 0 bridgehead atoms. The molecule has 2 atom stereocenters. The number of para-hydroxylation sites is 1. The highest BCUT2D eigenvalue weighted by atomic mass is 35.5. The molecule has 0 aliphatic rings. The van der Waals surface area contributed by atoms with E-state index in [-0.39, 0.29) is 6.04 Å². The van der Waals surface area contributed by atoms with Gasteiger partial charge in [0, 0.05) is 23.3 Å². The predicted octanol–water partition coefficient (Wildman–Crippen LogP) is 4.98. The predicted molar refractivity (Wildman–Crippen MR) is 90.0 cm³/mol. The van der Waals surface area contributed by atoms with Crippen LogP contribution in [0.25, 0.3) is 0 Å². The van der Waals surface area contributed by atoms with E-state index in [2.05, 4.69) is 11.8 Å². The molecular formula is C18H22ClNO. The second-order valence-electron chi connectivity index (χ2n) is 5.29. The molecular weight excluding hydrogens is 282 g/mol. The van der Waals surface area contributed by atoms with E-state index < -0.39 is 6.10 Å². The van der Waals surface area contributed by atoms with Crippen LogP contribution in [0.4, 0.5) is 5.69 Å². The highest BCUT2D eigenvalue weighted by Gasteiger charge is 2.19. The van der Waals surface area contributed by atoms with E-state index in [1.807, 2.05) is 62.5 Å². The first-order chi connectivity index (χ1) is 10.1. The lowest BCUT2D eigenvalue weighted by atomic mass is 10.0. The number of anilines is 1. The van der Waals surface area contributed by atoms with E-state index in [0.717, 1.165) is 21.8 Å². The van der Waals surface area contributed by atoms with E-state index >= 15 is 0 Å². The van der Waals surface area contributed by atoms with Crippen molar-refractivity contribution in [2.45, 2.75) is 32.4 Å². The smallest absolute Gasteiger partial charge is 0.0807 e. The summed E-state index contributed by atoms with van der Waals surface area (Å²) in [6.45, 7) is 4.11. The number of aliphatic hydroxyl groups is 1. The number of benzene rings is 2. The number of hydrogen-bond acceptors (Lipinski definition) is 2. The quantitative estimate of drug-likeness (QED) is 0.842. The van der Waals surface area contributed by atoms with Crippen molar-refractivity contribution in [1.82, 2.24) is 0 Å². The van der Waals surface area contributed by atoms with Gasteiger partial charge in [-0.05, 0) is 31.0 Å². The molecule has 0 fully saturated rings. The van der Waals surface area contributed by atoms with Gasteiger partial charge < -0.3 is 10.0 Å². The summed E-state index contributed by atoms with van der Waals surface area (Å²) in [6, 6.07) is 16.0. The standard InChI is InChI=1S/C18H22ClNO/c1-4-18(21)15-10-6-8-12-17(15)20(3)13(2)14-9-5-7-11-16(14)19/h5-13,18,21H,4H2,1-3H3/t13?,18-/m1/s1. The van der Waals surface area contributed by atoms with Crippen LogP contribution < -0.4 is 4.90 Å². The van der Waals surface area contributed by atoms with E-state index in [0.29, 0.717) is 6.42 Å². The molecule has 0 aliphatic heterocycles. The Kier molecular flexibility index (Phi) is 5.27. The first-order valence-electron chi connectivity index (χ1n) is 7.30. The van der Waals surface area contributed by atoms with Gasteiger partial charge in [0.15, 0.2) is 0 Å². The molecule has 2 nitrogen and oxygen atoms in total. The maximum absolute atomic E-state index is 10.2. The molecule has 3 heteroatoms. The Morgan fingerprint density at radius 2 is 1.62 bits per heavy atom. The number of halogens is 1. The number of aliphatic hydroxyl groups excluding tert-OH is 1. The van der Waals surface area contributed by atoms with Crippen molar-refractivity contribution in [2.75, 3.05) is 11.9 Å². The fourth-order valence-corrected chi connectivity index (χ4v) is 2.84. The van der Waals surface area contributed by atoms with Gasteiger partial charge in [0.25, 0.3) is 0 Å². The van der Waals surface area contributed by atoms with Crippen LogP contribution in [0.3, 0.4) is 0 Å². The molecule has 1 unspecified atom stereocenters. The summed E-state index contributed by atoms with van der Waals surface area (Å²) in [4.78, 5) is 2.16. The van der Waals surface area contributed by atoms with E-state index in [9.17, 15) is 5.11 Å². The number of hydrogen-bond donors (Lipinski definition) is 1. The van der Waals surface area contributed by atoms with E-state index in [1.54, 1.807) is 0 Å². The molecule has 0 heterocycles. The Bertz CT molecular complexity index is 599. The fraction of sp³-hybridized carbons (Fsp3) is 0.333. The highest BCUT2D eigenvalue weighted by molar-refractivity contribution is 6.31. The molecule has 2 aromatic carbocycles. The maximum Gasteiger partial charge on any atom is 0.0807 e. The Morgan fingerprint density at radius 1 is 1.05 bits per heavy atom. The van der Waals surface area contributed by atoms with Gasteiger partial charge in [-0.1, -0.05) is 54.9 Å². The Morgan fingerprint density at radius 3 is 2.24 bits per heavy atom. The third-order valence-electron chi connectivity index (χ3n) is 4.00. The van der Waals surface area contributed by atoms with Gasteiger partial charge >= 0.3 is 0 Å². The van der Waals surface area contributed by atoms with Gasteiger partial charge in [-0.15, -0.1) is 0 Å². The van der Waals surface area contributed by atoms with Gasteiger partial charge in [0.1, 0.15) is 0 Å². The summed E-state index contributed by atoms with van der Waals surface area (Å²) in [5.41, 5.74) is 3.09. The number of nitrogens with zero attached hydrogens (tertiary/aromatic N) is 1. The average Bonchev–Trinajstić information content (AvgIpc) is 2.53. The highest BCUT2D eigenvalue weighted by Crippen LogP contribution is 2.34. The fourth-order valence-electron chi connectivity index (χ4n) is 2.54. The van der Waals surface area contributed by atoms with Gasteiger partial charge in [-0.3, -0.25) is 0 Å². The molecule has 0 spiro atoms. The first kappa shape index (κ1) is 15.9. The zero-order valence-electron chi connectivity index (χ0n) is 12.8. The van der Waals surface area contributed by atoms with Gasteiger partial charge in [-0.25, -0.2) is 0 Å². The van der Waals surface area contributed by atoms with Crippen LogP contribution in [0, 0.1) is 0 Å². The average molecular weight is 304 g/mol. The molecule has 2 rings (SSSR count). The maximum atomic E-state index is 10.2. The zero-order valence-corrected chi connectivity index (χ0v) is 13.5. The molecule has 112 valence electrons. The third kappa shape index (κ3) is 3.39.